The molecule has 1 N–H and O–H groups in total. The van der Waals surface area contributed by atoms with Crippen molar-refractivity contribution in [2.45, 2.75) is 17.4 Å². The Morgan fingerprint density at radius 1 is 0.906 bits per heavy atom. The molecule has 32 heavy (non-hydrogen) atoms. The lowest BCUT2D eigenvalue weighted by molar-refractivity contribution is -0.117. The maximum Gasteiger partial charge on any atom is 0.243 e. The van der Waals surface area contributed by atoms with Gasteiger partial charge in [0.1, 0.15) is 11.5 Å². The topological polar surface area (TPSA) is 84.9 Å². The Morgan fingerprint density at radius 2 is 1.56 bits per heavy atom. The smallest absolute Gasteiger partial charge is 0.243 e. The molecule has 0 radical (unpaired) electrons. The number of amides is 1. The van der Waals surface area contributed by atoms with Crippen molar-refractivity contribution in [2.75, 3.05) is 26.6 Å². The molecule has 3 aromatic carbocycles. The van der Waals surface area contributed by atoms with Gasteiger partial charge in [-0.1, -0.05) is 36.4 Å². The van der Waals surface area contributed by atoms with Crippen molar-refractivity contribution in [1.82, 2.24) is 4.31 Å². The SMILES string of the molecule is COc1ccc([C@H](CC(=O)Nc2cccc(OC)c2)N(C)S(=O)(=O)c2ccccc2)cc1. The maximum absolute atomic E-state index is 13.2. The number of anilines is 1. The van der Waals surface area contributed by atoms with Gasteiger partial charge in [0.25, 0.3) is 0 Å². The number of sulfonamides is 1. The lowest BCUT2D eigenvalue weighted by Gasteiger charge is -2.28. The van der Waals surface area contributed by atoms with Gasteiger partial charge in [-0.3, -0.25) is 4.79 Å². The van der Waals surface area contributed by atoms with Crippen molar-refractivity contribution < 1.29 is 22.7 Å². The average molecular weight is 455 g/mol. The zero-order valence-corrected chi connectivity index (χ0v) is 19.0. The molecule has 0 saturated heterocycles. The van der Waals surface area contributed by atoms with Gasteiger partial charge in [-0.15, -0.1) is 0 Å². The van der Waals surface area contributed by atoms with Crippen LogP contribution in [0, 0.1) is 0 Å². The molecule has 168 valence electrons. The van der Waals surface area contributed by atoms with Crippen LogP contribution in [-0.2, 0) is 14.8 Å². The number of benzene rings is 3. The fraction of sp³-hybridized carbons (Fsp3) is 0.208. The van der Waals surface area contributed by atoms with Crippen LogP contribution >= 0.6 is 0 Å². The van der Waals surface area contributed by atoms with E-state index in [9.17, 15) is 13.2 Å². The van der Waals surface area contributed by atoms with Crippen LogP contribution in [0.1, 0.15) is 18.0 Å². The Labute approximate surface area is 188 Å². The van der Waals surface area contributed by atoms with Gasteiger partial charge in [0.2, 0.25) is 15.9 Å². The lowest BCUT2D eigenvalue weighted by Crippen LogP contribution is -2.33. The number of methoxy groups -OCH3 is 2. The van der Waals surface area contributed by atoms with E-state index in [4.69, 9.17) is 9.47 Å². The first-order valence-electron chi connectivity index (χ1n) is 9.96. The first-order valence-corrected chi connectivity index (χ1v) is 11.4. The quantitative estimate of drug-likeness (QED) is 0.526. The van der Waals surface area contributed by atoms with E-state index in [1.165, 1.54) is 23.5 Å². The van der Waals surface area contributed by atoms with E-state index >= 15 is 0 Å². The van der Waals surface area contributed by atoms with Crippen molar-refractivity contribution >= 4 is 21.6 Å². The van der Waals surface area contributed by atoms with E-state index in [1.807, 2.05) is 0 Å². The molecule has 0 unspecified atom stereocenters. The molecule has 3 rings (SSSR count). The first kappa shape index (κ1) is 23.3. The minimum absolute atomic E-state index is 0.0773. The molecule has 0 heterocycles. The summed E-state index contributed by atoms with van der Waals surface area (Å²) in [5.41, 5.74) is 1.24. The number of nitrogens with one attached hydrogen (secondary N) is 1. The molecule has 0 aliphatic rings. The van der Waals surface area contributed by atoms with E-state index in [0.29, 0.717) is 22.7 Å². The van der Waals surface area contributed by atoms with Gasteiger partial charge >= 0.3 is 0 Å². The van der Waals surface area contributed by atoms with Crippen LogP contribution in [0.2, 0.25) is 0 Å². The maximum atomic E-state index is 13.2. The molecular weight excluding hydrogens is 428 g/mol. The summed E-state index contributed by atoms with van der Waals surface area (Å²) >= 11 is 0. The molecule has 0 bridgehead atoms. The summed E-state index contributed by atoms with van der Waals surface area (Å²) in [5, 5.41) is 2.82. The molecule has 1 amide bonds. The van der Waals surface area contributed by atoms with Crippen LogP contribution in [-0.4, -0.2) is 39.9 Å². The van der Waals surface area contributed by atoms with E-state index < -0.39 is 16.1 Å². The molecule has 0 spiro atoms. The number of hydrogen-bond donors (Lipinski definition) is 1. The summed E-state index contributed by atoms with van der Waals surface area (Å²) in [4.78, 5) is 13.1. The van der Waals surface area contributed by atoms with E-state index in [1.54, 1.807) is 80.9 Å². The van der Waals surface area contributed by atoms with E-state index in [2.05, 4.69) is 5.32 Å². The van der Waals surface area contributed by atoms with Gasteiger partial charge in [0.05, 0.1) is 25.2 Å². The zero-order chi connectivity index (χ0) is 23.1. The fourth-order valence-corrected chi connectivity index (χ4v) is 4.66. The summed E-state index contributed by atoms with van der Waals surface area (Å²) < 4.78 is 38.1. The number of hydrogen-bond acceptors (Lipinski definition) is 5. The third-order valence-electron chi connectivity index (χ3n) is 5.09. The highest BCUT2D eigenvalue weighted by Crippen LogP contribution is 2.30. The number of nitrogens with zero attached hydrogens (tertiary/aromatic N) is 1. The van der Waals surface area contributed by atoms with Crippen molar-refractivity contribution in [1.29, 1.82) is 0 Å². The summed E-state index contributed by atoms with van der Waals surface area (Å²) in [5.74, 6) is 0.925. The van der Waals surface area contributed by atoms with Gasteiger partial charge < -0.3 is 14.8 Å². The van der Waals surface area contributed by atoms with Gasteiger partial charge in [0.15, 0.2) is 0 Å². The molecule has 0 fully saturated rings. The Bertz CT molecular complexity index is 1150. The average Bonchev–Trinajstić information content (AvgIpc) is 2.83. The first-order chi connectivity index (χ1) is 15.3. The molecule has 3 aromatic rings. The predicted octanol–water partition coefficient (Wildman–Crippen LogP) is 4.09. The van der Waals surface area contributed by atoms with Crippen LogP contribution in [0.15, 0.2) is 83.8 Å². The highest BCUT2D eigenvalue weighted by molar-refractivity contribution is 7.89. The van der Waals surface area contributed by atoms with Crippen molar-refractivity contribution in [3.8, 4) is 11.5 Å². The molecular formula is C24H26N2O5S. The van der Waals surface area contributed by atoms with E-state index in [-0.39, 0.29) is 17.2 Å². The van der Waals surface area contributed by atoms with Gasteiger partial charge in [-0.05, 0) is 42.0 Å². The summed E-state index contributed by atoms with van der Waals surface area (Å²) in [7, 11) is 0.754. The molecule has 1 atom stereocenters. The summed E-state index contributed by atoms with van der Waals surface area (Å²) in [6.45, 7) is 0. The van der Waals surface area contributed by atoms with Crippen LogP contribution in [0.3, 0.4) is 0 Å². The van der Waals surface area contributed by atoms with Gasteiger partial charge in [-0.2, -0.15) is 4.31 Å². The predicted molar refractivity (Wildman–Crippen MR) is 123 cm³/mol. The third-order valence-corrected chi connectivity index (χ3v) is 6.97. The fourth-order valence-electron chi connectivity index (χ4n) is 3.30. The number of ether oxygens (including phenoxy) is 2. The van der Waals surface area contributed by atoms with E-state index in [0.717, 1.165) is 0 Å². The van der Waals surface area contributed by atoms with Crippen molar-refractivity contribution in [3.05, 3.63) is 84.4 Å². The van der Waals surface area contributed by atoms with Crippen molar-refractivity contribution in [2.24, 2.45) is 0 Å². The minimum atomic E-state index is -3.83. The number of rotatable bonds is 9. The third kappa shape index (κ3) is 5.46. The molecule has 0 aliphatic heterocycles. The summed E-state index contributed by atoms with van der Waals surface area (Å²) in [6, 6.07) is 21.4. The second-order valence-corrected chi connectivity index (χ2v) is 9.11. The highest BCUT2D eigenvalue weighted by Gasteiger charge is 2.31. The molecule has 8 heteroatoms. The van der Waals surface area contributed by atoms with Gasteiger partial charge in [0, 0.05) is 25.2 Å². The second-order valence-electron chi connectivity index (χ2n) is 7.11. The number of carbonyl (C=O) groups excluding carboxylic acids is 1. The van der Waals surface area contributed by atoms with Crippen LogP contribution in [0.5, 0.6) is 11.5 Å². The normalized spacial score (nSPS) is 12.2. The number of carbonyl (C=O) groups is 1. The Balaban J connectivity index is 1.90. The molecule has 0 aromatic heterocycles. The molecule has 0 saturated carbocycles. The van der Waals surface area contributed by atoms with Gasteiger partial charge in [-0.25, -0.2) is 8.42 Å². The van der Waals surface area contributed by atoms with Crippen LogP contribution in [0.25, 0.3) is 0 Å². The van der Waals surface area contributed by atoms with Crippen LogP contribution < -0.4 is 14.8 Å². The monoisotopic (exact) mass is 454 g/mol. The standard InChI is InChI=1S/C24H26N2O5S/c1-26(32(28,29)22-10-5-4-6-11-22)23(18-12-14-20(30-2)15-13-18)17-24(27)25-19-8-7-9-21(16-19)31-3/h4-16,23H,17H2,1-3H3,(H,25,27)/t23-/m0/s1. The Hall–Kier alpha value is -3.36. The summed E-state index contributed by atoms with van der Waals surface area (Å²) in [6.07, 6.45) is -0.0773. The lowest BCUT2D eigenvalue weighted by atomic mass is 10.0. The highest BCUT2D eigenvalue weighted by atomic mass is 32.2. The van der Waals surface area contributed by atoms with Crippen LogP contribution in [0.4, 0.5) is 5.69 Å². The minimum Gasteiger partial charge on any atom is -0.497 e. The molecule has 0 aliphatic carbocycles. The Kier molecular flexibility index (Phi) is 7.50. The largest absolute Gasteiger partial charge is 0.497 e. The Morgan fingerprint density at radius 3 is 2.19 bits per heavy atom. The zero-order valence-electron chi connectivity index (χ0n) is 18.2. The molecule has 7 nitrogen and oxygen atoms in total. The second kappa shape index (κ2) is 10.3. The van der Waals surface area contributed by atoms with Crippen molar-refractivity contribution in [3.63, 3.8) is 0 Å².